The van der Waals surface area contributed by atoms with Crippen LogP contribution < -0.4 is 16.8 Å². The molecule has 1 aliphatic carbocycles. The molecule has 1 fully saturated rings. The predicted octanol–water partition coefficient (Wildman–Crippen LogP) is 2.02. The number of nitrogens with one attached hydrogen (secondary N) is 1. The van der Waals surface area contributed by atoms with Crippen LogP contribution in [0.5, 0.6) is 0 Å². The van der Waals surface area contributed by atoms with E-state index in [1.54, 1.807) is 25.2 Å². The SMILES string of the molecule is CCOC1CC(N)(C(=O)Nc2ccc3c(c2)oc(=O)n3C)C1(C)C.Cl. The molecule has 138 valence electrons. The summed E-state index contributed by atoms with van der Waals surface area (Å²) in [6.07, 6.45) is 0.440. The second kappa shape index (κ2) is 6.48. The smallest absolute Gasteiger partial charge is 0.408 e. The summed E-state index contributed by atoms with van der Waals surface area (Å²) in [5, 5.41) is 2.83. The summed E-state index contributed by atoms with van der Waals surface area (Å²) in [7, 11) is 1.63. The van der Waals surface area contributed by atoms with E-state index in [1.165, 1.54) is 4.57 Å². The molecule has 1 aliphatic rings. The van der Waals surface area contributed by atoms with E-state index in [0.29, 0.717) is 29.8 Å². The van der Waals surface area contributed by atoms with E-state index in [0.717, 1.165) is 0 Å². The van der Waals surface area contributed by atoms with Crippen LogP contribution in [0.3, 0.4) is 0 Å². The average Bonchev–Trinajstić information content (AvgIpc) is 2.81. The maximum atomic E-state index is 12.7. The van der Waals surface area contributed by atoms with Gasteiger partial charge in [0.1, 0.15) is 5.54 Å². The van der Waals surface area contributed by atoms with E-state index in [4.69, 9.17) is 14.9 Å². The molecule has 7 nitrogen and oxygen atoms in total. The molecule has 3 rings (SSSR count). The van der Waals surface area contributed by atoms with Crippen molar-refractivity contribution in [3.05, 3.63) is 28.7 Å². The highest BCUT2D eigenvalue weighted by Gasteiger charge is 2.62. The molecular weight excluding hydrogens is 346 g/mol. The van der Waals surface area contributed by atoms with Crippen molar-refractivity contribution in [1.82, 2.24) is 4.57 Å². The number of aryl methyl sites for hydroxylation is 1. The van der Waals surface area contributed by atoms with Gasteiger partial charge in [-0.3, -0.25) is 9.36 Å². The number of aromatic nitrogens is 1. The second-order valence-electron chi connectivity index (χ2n) is 6.90. The van der Waals surface area contributed by atoms with Crippen molar-refractivity contribution in [2.75, 3.05) is 11.9 Å². The summed E-state index contributed by atoms with van der Waals surface area (Å²) < 4.78 is 12.2. The van der Waals surface area contributed by atoms with E-state index in [9.17, 15) is 9.59 Å². The Hall–Kier alpha value is -1.83. The third kappa shape index (κ3) is 2.86. The summed E-state index contributed by atoms with van der Waals surface area (Å²) >= 11 is 0. The third-order valence-electron chi connectivity index (χ3n) is 5.29. The first-order valence-electron chi connectivity index (χ1n) is 8.02. The Balaban J connectivity index is 0.00000225. The quantitative estimate of drug-likeness (QED) is 0.858. The van der Waals surface area contributed by atoms with Crippen LogP contribution >= 0.6 is 12.4 Å². The lowest BCUT2D eigenvalue weighted by atomic mass is 9.54. The van der Waals surface area contributed by atoms with E-state index >= 15 is 0 Å². The van der Waals surface area contributed by atoms with E-state index in [2.05, 4.69) is 5.32 Å². The van der Waals surface area contributed by atoms with Crippen molar-refractivity contribution in [3.8, 4) is 0 Å². The number of carbonyl (C=O) groups is 1. The van der Waals surface area contributed by atoms with E-state index < -0.39 is 16.7 Å². The van der Waals surface area contributed by atoms with Crippen LogP contribution in [0, 0.1) is 5.41 Å². The van der Waals surface area contributed by atoms with Gasteiger partial charge in [-0.15, -0.1) is 12.4 Å². The molecule has 1 aromatic heterocycles. The molecule has 3 N–H and O–H groups in total. The van der Waals surface area contributed by atoms with Crippen molar-refractivity contribution in [2.24, 2.45) is 18.2 Å². The van der Waals surface area contributed by atoms with E-state index in [1.807, 2.05) is 20.8 Å². The molecule has 8 heteroatoms. The lowest BCUT2D eigenvalue weighted by Gasteiger charge is -2.57. The van der Waals surface area contributed by atoms with Crippen LogP contribution in [0.15, 0.2) is 27.4 Å². The zero-order valence-corrected chi connectivity index (χ0v) is 15.6. The molecule has 1 aromatic carbocycles. The highest BCUT2D eigenvalue weighted by Crippen LogP contribution is 2.50. The molecule has 0 aliphatic heterocycles. The molecule has 2 aromatic rings. The molecule has 1 heterocycles. The third-order valence-corrected chi connectivity index (χ3v) is 5.29. The Kier molecular flexibility index (Phi) is 5.05. The minimum Gasteiger partial charge on any atom is -0.408 e. The molecule has 1 amide bonds. The van der Waals surface area contributed by atoms with Gasteiger partial charge in [-0.1, -0.05) is 13.8 Å². The zero-order valence-electron chi connectivity index (χ0n) is 14.8. The first-order valence-corrected chi connectivity index (χ1v) is 8.02. The summed E-state index contributed by atoms with van der Waals surface area (Å²) in [5.74, 6) is -0.704. The fourth-order valence-electron chi connectivity index (χ4n) is 3.27. The molecule has 1 saturated carbocycles. The van der Waals surface area contributed by atoms with Gasteiger partial charge in [-0.25, -0.2) is 4.79 Å². The normalized spacial score (nSPS) is 24.4. The van der Waals surface area contributed by atoms with Crippen molar-refractivity contribution in [2.45, 2.75) is 38.8 Å². The highest BCUT2D eigenvalue weighted by molar-refractivity contribution is 6.00. The highest BCUT2D eigenvalue weighted by atomic mass is 35.5. The first kappa shape index (κ1) is 19.5. The van der Waals surface area contributed by atoms with Gasteiger partial charge in [0.05, 0.1) is 11.6 Å². The maximum Gasteiger partial charge on any atom is 0.419 e. The van der Waals surface area contributed by atoms with Crippen molar-refractivity contribution in [1.29, 1.82) is 0 Å². The monoisotopic (exact) mass is 369 g/mol. The Bertz CT molecular complexity index is 857. The number of amides is 1. The summed E-state index contributed by atoms with van der Waals surface area (Å²) in [5.41, 5.74) is 6.54. The number of hydrogen-bond donors (Lipinski definition) is 2. The number of rotatable bonds is 4. The van der Waals surface area contributed by atoms with Crippen LogP contribution in [0.25, 0.3) is 11.1 Å². The Morgan fingerprint density at radius 3 is 2.76 bits per heavy atom. The Labute approximate surface area is 151 Å². The number of benzene rings is 1. The number of carbonyl (C=O) groups excluding carboxylic acids is 1. The molecule has 2 atom stereocenters. The Morgan fingerprint density at radius 1 is 1.48 bits per heavy atom. The number of nitrogens with two attached hydrogens (primary N) is 1. The number of ether oxygens (including phenoxy) is 1. The maximum absolute atomic E-state index is 12.7. The molecule has 2 unspecified atom stereocenters. The topological polar surface area (TPSA) is 99.5 Å². The van der Waals surface area contributed by atoms with Gasteiger partial charge < -0.3 is 20.2 Å². The van der Waals surface area contributed by atoms with Crippen molar-refractivity contribution >= 4 is 35.1 Å². The van der Waals surface area contributed by atoms with Crippen LogP contribution in [0.1, 0.15) is 27.2 Å². The van der Waals surface area contributed by atoms with Gasteiger partial charge >= 0.3 is 5.76 Å². The fourth-order valence-corrected chi connectivity index (χ4v) is 3.27. The summed E-state index contributed by atoms with van der Waals surface area (Å²) in [6, 6.07) is 5.09. The molecule has 25 heavy (non-hydrogen) atoms. The van der Waals surface area contributed by atoms with Gasteiger partial charge in [0, 0.05) is 37.2 Å². The largest absolute Gasteiger partial charge is 0.419 e. The number of hydrogen-bond acceptors (Lipinski definition) is 5. The standard InChI is InChI=1S/C17H23N3O4.ClH/c1-5-23-13-9-17(18,16(13,2)3)14(21)19-10-6-7-11-12(8-10)24-15(22)20(11)4;/h6-8,13H,5,9,18H2,1-4H3,(H,19,21);1H. The summed E-state index contributed by atoms with van der Waals surface area (Å²) in [6.45, 7) is 6.40. The van der Waals surface area contributed by atoms with Crippen LogP contribution in [-0.2, 0) is 16.6 Å². The predicted molar refractivity (Wildman–Crippen MR) is 98.1 cm³/mol. The van der Waals surface area contributed by atoms with Gasteiger partial charge in [0.25, 0.3) is 0 Å². The molecule has 0 spiro atoms. The average molecular weight is 370 g/mol. The minimum atomic E-state index is -1.00. The fraction of sp³-hybridized carbons (Fsp3) is 0.529. The second-order valence-corrected chi connectivity index (χ2v) is 6.90. The molecule has 0 saturated heterocycles. The zero-order chi connectivity index (χ0) is 17.7. The lowest BCUT2D eigenvalue weighted by Crippen LogP contribution is -2.74. The number of halogens is 1. The minimum absolute atomic E-state index is 0. The molecule has 0 bridgehead atoms. The van der Waals surface area contributed by atoms with Crippen LogP contribution in [0.4, 0.5) is 5.69 Å². The van der Waals surface area contributed by atoms with Gasteiger partial charge in [-0.05, 0) is 19.1 Å². The summed E-state index contributed by atoms with van der Waals surface area (Å²) in [4.78, 5) is 24.2. The van der Waals surface area contributed by atoms with Gasteiger partial charge in [0.15, 0.2) is 5.58 Å². The lowest BCUT2D eigenvalue weighted by molar-refractivity contribution is -0.166. The molecular formula is C17H24ClN3O4. The Morgan fingerprint density at radius 2 is 2.16 bits per heavy atom. The van der Waals surface area contributed by atoms with Crippen molar-refractivity contribution in [3.63, 3.8) is 0 Å². The number of anilines is 1. The van der Waals surface area contributed by atoms with Crippen LogP contribution in [-0.4, -0.2) is 28.7 Å². The van der Waals surface area contributed by atoms with Crippen molar-refractivity contribution < 1.29 is 13.9 Å². The van der Waals surface area contributed by atoms with Gasteiger partial charge in [-0.2, -0.15) is 0 Å². The number of nitrogens with zero attached hydrogens (tertiary/aromatic N) is 1. The van der Waals surface area contributed by atoms with E-state index in [-0.39, 0.29) is 24.4 Å². The van der Waals surface area contributed by atoms with Crippen LogP contribution in [0.2, 0.25) is 0 Å². The number of fused-ring (bicyclic) bond motifs is 1. The number of oxazole rings is 1. The van der Waals surface area contributed by atoms with Gasteiger partial charge in [0.2, 0.25) is 5.91 Å². The molecule has 0 radical (unpaired) electrons. The first-order chi connectivity index (χ1) is 11.2.